The highest BCUT2D eigenvalue weighted by Gasteiger charge is 2.55. The molecule has 0 aromatic heterocycles. The van der Waals surface area contributed by atoms with Gasteiger partial charge in [-0.1, -0.05) is 12.8 Å². The van der Waals surface area contributed by atoms with Crippen LogP contribution in [0.5, 0.6) is 0 Å². The maximum atomic E-state index is 11.3. The smallest absolute Gasteiger partial charge is 0.324 e. The van der Waals surface area contributed by atoms with Gasteiger partial charge in [0.05, 0.1) is 10.8 Å². The Morgan fingerprint density at radius 1 is 1.13 bits per heavy atom. The average molecular weight is 258 g/mol. The minimum Gasteiger partial charge on any atom is -0.324 e. The average Bonchev–Trinajstić information content (AvgIpc) is 2.00. The Hall–Kier alpha value is 0.300. The van der Waals surface area contributed by atoms with Gasteiger partial charge >= 0.3 is 15.2 Å². The maximum Gasteiger partial charge on any atom is 0.332 e. The minimum absolute atomic E-state index is 0.160. The molecule has 2 unspecified atom stereocenters. The number of hydrogen-bond acceptors (Lipinski definition) is 2. The van der Waals surface area contributed by atoms with E-state index in [4.69, 9.17) is 9.79 Å². The normalized spacial score (nSPS) is 34.1. The van der Waals surface area contributed by atoms with Crippen LogP contribution in [0.25, 0.3) is 0 Å². The monoisotopic (exact) mass is 258 g/mol. The molecule has 0 radical (unpaired) electrons. The van der Waals surface area contributed by atoms with Crippen molar-refractivity contribution in [1.29, 1.82) is 0 Å². The lowest BCUT2D eigenvalue weighted by Crippen LogP contribution is -2.41. The van der Waals surface area contributed by atoms with E-state index in [-0.39, 0.29) is 12.8 Å². The lowest BCUT2D eigenvalue weighted by atomic mass is 9.89. The van der Waals surface area contributed by atoms with Crippen LogP contribution in [-0.2, 0) is 9.13 Å². The second-order valence-corrected chi connectivity index (χ2v) is 8.16. The highest BCUT2D eigenvalue weighted by atomic mass is 31.2. The zero-order valence-electron chi connectivity index (χ0n) is 8.41. The lowest BCUT2D eigenvalue weighted by Gasteiger charge is -2.41. The second-order valence-electron chi connectivity index (χ2n) is 4.25. The van der Waals surface area contributed by atoms with Crippen molar-refractivity contribution in [2.24, 2.45) is 0 Å². The van der Waals surface area contributed by atoms with Crippen LogP contribution in [0.2, 0.25) is 0 Å². The molecule has 1 rings (SSSR count). The van der Waals surface area contributed by atoms with Gasteiger partial charge in [-0.15, -0.1) is 0 Å². The fraction of sp³-hybridized carbons (Fsp3) is 1.00. The molecule has 8 heteroatoms. The van der Waals surface area contributed by atoms with Crippen LogP contribution in [0.1, 0.15) is 32.6 Å². The van der Waals surface area contributed by atoms with Gasteiger partial charge < -0.3 is 19.6 Å². The third-order valence-corrected chi connectivity index (χ3v) is 6.91. The van der Waals surface area contributed by atoms with Gasteiger partial charge in [-0.2, -0.15) is 0 Å². The molecule has 1 fully saturated rings. The first kappa shape index (κ1) is 13.4. The Morgan fingerprint density at radius 3 is 2.00 bits per heavy atom. The van der Waals surface area contributed by atoms with Crippen molar-refractivity contribution in [3.8, 4) is 0 Å². The molecule has 2 atom stereocenters. The van der Waals surface area contributed by atoms with E-state index in [1.807, 2.05) is 0 Å². The number of hydrogen-bond donors (Lipinski definition) is 4. The molecule has 0 aromatic rings. The molecule has 0 aliphatic heterocycles. The van der Waals surface area contributed by atoms with Crippen LogP contribution in [0.4, 0.5) is 0 Å². The zero-order chi connectivity index (χ0) is 11.9. The summed E-state index contributed by atoms with van der Waals surface area (Å²) in [6.07, 6.45) is 1.53. The van der Waals surface area contributed by atoms with Crippen molar-refractivity contribution in [2.75, 3.05) is 0 Å². The molecule has 0 amide bonds. The van der Waals surface area contributed by atoms with Crippen molar-refractivity contribution >= 4 is 15.2 Å². The van der Waals surface area contributed by atoms with Gasteiger partial charge in [-0.25, -0.2) is 0 Å². The summed E-state index contributed by atoms with van der Waals surface area (Å²) < 4.78 is 22.5. The summed E-state index contributed by atoms with van der Waals surface area (Å²) >= 11 is 0. The third kappa shape index (κ3) is 2.52. The fourth-order valence-corrected chi connectivity index (χ4v) is 5.41. The summed E-state index contributed by atoms with van der Waals surface area (Å²) in [6.45, 7) is 1.27. The summed E-state index contributed by atoms with van der Waals surface area (Å²) in [6, 6.07) is 0. The van der Waals surface area contributed by atoms with E-state index in [2.05, 4.69) is 0 Å². The Labute approximate surface area is 88.0 Å². The molecular formula is C7H16O6P2. The van der Waals surface area contributed by atoms with Crippen molar-refractivity contribution in [3.05, 3.63) is 0 Å². The Balaban J connectivity index is 3.13. The molecule has 4 N–H and O–H groups in total. The Kier molecular flexibility index (Phi) is 3.52. The minimum atomic E-state index is -4.50. The molecule has 0 spiro atoms. The molecule has 0 aromatic carbocycles. The van der Waals surface area contributed by atoms with Crippen LogP contribution in [0, 0.1) is 0 Å². The van der Waals surface area contributed by atoms with Gasteiger partial charge in [-0.05, 0) is 19.8 Å². The summed E-state index contributed by atoms with van der Waals surface area (Å²) in [7, 11) is -8.95. The van der Waals surface area contributed by atoms with Gasteiger partial charge in [0.25, 0.3) is 0 Å². The zero-order valence-corrected chi connectivity index (χ0v) is 10.2. The predicted molar refractivity (Wildman–Crippen MR) is 54.7 cm³/mol. The van der Waals surface area contributed by atoms with Gasteiger partial charge in [0.2, 0.25) is 0 Å². The first-order valence-corrected chi connectivity index (χ1v) is 7.99. The molecular weight excluding hydrogens is 242 g/mol. The van der Waals surface area contributed by atoms with E-state index in [9.17, 15) is 18.9 Å². The van der Waals surface area contributed by atoms with Gasteiger partial charge in [-0.3, -0.25) is 9.13 Å². The number of rotatable bonds is 2. The van der Waals surface area contributed by atoms with Crippen LogP contribution < -0.4 is 0 Å². The van der Waals surface area contributed by atoms with E-state index >= 15 is 0 Å². The SMILES string of the molecule is CC1(P(=O)(O)O)CCCCC1P(=O)(O)O. The summed E-state index contributed by atoms with van der Waals surface area (Å²) in [4.78, 5) is 36.6. The molecule has 15 heavy (non-hydrogen) atoms. The molecule has 90 valence electrons. The quantitative estimate of drug-likeness (QED) is 0.550. The van der Waals surface area contributed by atoms with E-state index in [0.29, 0.717) is 12.8 Å². The largest absolute Gasteiger partial charge is 0.332 e. The Bertz CT molecular complexity index is 330. The van der Waals surface area contributed by atoms with Crippen LogP contribution in [0.3, 0.4) is 0 Å². The Morgan fingerprint density at radius 2 is 1.67 bits per heavy atom. The van der Waals surface area contributed by atoms with E-state index in [0.717, 1.165) is 0 Å². The van der Waals surface area contributed by atoms with Crippen molar-refractivity contribution < 1.29 is 28.7 Å². The van der Waals surface area contributed by atoms with Crippen LogP contribution in [0.15, 0.2) is 0 Å². The third-order valence-electron chi connectivity index (χ3n) is 3.20. The first-order valence-electron chi connectivity index (χ1n) is 4.70. The molecule has 1 saturated carbocycles. The molecule has 0 saturated heterocycles. The highest BCUT2D eigenvalue weighted by molar-refractivity contribution is 7.58. The lowest BCUT2D eigenvalue weighted by molar-refractivity contribution is 0.264. The maximum absolute atomic E-state index is 11.3. The first-order chi connectivity index (χ1) is 6.59. The van der Waals surface area contributed by atoms with E-state index in [1.165, 1.54) is 6.92 Å². The summed E-state index contributed by atoms with van der Waals surface area (Å²) in [5.74, 6) is 0. The summed E-state index contributed by atoms with van der Waals surface area (Å²) in [5.41, 5.74) is -1.22. The van der Waals surface area contributed by atoms with Gasteiger partial charge in [0, 0.05) is 0 Å². The van der Waals surface area contributed by atoms with Crippen LogP contribution in [-0.4, -0.2) is 30.4 Å². The van der Waals surface area contributed by atoms with E-state index in [1.54, 1.807) is 0 Å². The molecule has 0 heterocycles. The second kappa shape index (κ2) is 3.95. The standard InChI is InChI=1S/C7H16O6P2/c1-7(15(11,12)13)5-3-2-4-6(7)14(8,9)10/h6H,2-5H2,1H3,(H2,8,9,10)(H2,11,12,13). The van der Waals surface area contributed by atoms with Gasteiger partial charge in [0.1, 0.15) is 0 Å². The predicted octanol–water partition coefficient (Wildman–Crippen LogP) is 1.04. The highest BCUT2D eigenvalue weighted by Crippen LogP contribution is 2.65. The topological polar surface area (TPSA) is 115 Å². The van der Waals surface area contributed by atoms with Crippen molar-refractivity contribution in [3.63, 3.8) is 0 Å². The van der Waals surface area contributed by atoms with Crippen molar-refractivity contribution in [1.82, 2.24) is 0 Å². The molecule has 1 aliphatic rings. The molecule has 1 aliphatic carbocycles. The van der Waals surface area contributed by atoms with Crippen LogP contribution >= 0.6 is 15.2 Å². The molecule has 6 nitrogen and oxygen atoms in total. The summed E-state index contributed by atoms with van der Waals surface area (Å²) in [5, 5.41) is -1.58. The van der Waals surface area contributed by atoms with Crippen molar-refractivity contribution in [2.45, 2.75) is 43.4 Å². The fourth-order valence-electron chi connectivity index (χ4n) is 2.17. The van der Waals surface area contributed by atoms with E-state index < -0.39 is 26.0 Å². The van der Waals surface area contributed by atoms with Gasteiger partial charge in [0.15, 0.2) is 0 Å². The molecule has 0 bridgehead atoms.